The molecule has 0 fully saturated rings. The van der Waals surface area contributed by atoms with Crippen LogP contribution < -0.4 is 4.90 Å². The van der Waals surface area contributed by atoms with Gasteiger partial charge in [0, 0.05) is 29.1 Å². The van der Waals surface area contributed by atoms with Crippen molar-refractivity contribution >= 4 is 28.3 Å². The number of benzene rings is 1. The lowest BCUT2D eigenvalue weighted by molar-refractivity contribution is 0.563. The molecule has 20 heavy (non-hydrogen) atoms. The molecule has 0 aliphatic heterocycles. The van der Waals surface area contributed by atoms with Gasteiger partial charge in [-0.15, -0.1) is 0 Å². The highest BCUT2D eigenvalue weighted by atomic mass is 35.5. The van der Waals surface area contributed by atoms with Crippen LogP contribution in [0.3, 0.4) is 0 Å². The molecule has 2 aromatic heterocycles. The molecule has 0 aliphatic carbocycles. The topological polar surface area (TPSA) is 42.2 Å². The molecule has 4 nitrogen and oxygen atoms in total. The zero-order valence-electron chi connectivity index (χ0n) is 11.1. The molecule has 3 aromatic rings. The number of hydrogen-bond donors (Lipinski definition) is 0. The van der Waals surface area contributed by atoms with Gasteiger partial charge in [-0.25, -0.2) is 9.97 Å². The monoisotopic (exact) mass is 287 g/mol. The predicted octanol–water partition coefficient (Wildman–Crippen LogP) is 3.90. The van der Waals surface area contributed by atoms with Crippen molar-refractivity contribution in [1.82, 2.24) is 9.97 Å². The number of hydrogen-bond acceptors (Lipinski definition) is 4. The highest BCUT2D eigenvalue weighted by Gasteiger charge is 2.12. The number of fused-ring (bicyclic) bond motifs is 1. The third-order valence-electron chi connectivity index (χ3n) is 3.21. The number of aromatic nitrogens is 2. The quantitative estimate of drug-likeness (QED) is 0.730. The molecule has 5 heteroatoms. The SMILES string of the molecule is CCN(Cc1ccoc1)c1ncnc2cc(Cl)ccc12. The van der Waals surface area contributed by atoms with Crippen molar-refractivity contribution in [2.45, 2.75) is 13.5 Å². The minimum Gasteiger partial charge on any atom is -0.472 e. The van der Waals surface area contributed by atoms with E-state index in [-0.39, 0.29) is 0 Å². The number of nitrogens with zero attached hydrogens (tertiary/aromatic N) is 3. The van der Waals surface area contributed by atoms with Crippen LogP contribution >= 0.6 is 11.6 Å². The lowest BCUT2D eigenvalue weighted by Crippen LogP contribution is -2.23. The summed E-state index contributed by atoms with van der Waals surface area (Å²) in [4.78, 5) is 10.9. The largest absolute Gasteiger partial charge is 0.472 e. The van der Waals surface area contributed by atoms with E-state index in [9.17, 15) is 0 Å². The summed E-state index contributed by atoms with van der Waals surface area (Å²) in [5.41, 5.74) is 1.97. The Morgan fingerprint density at radius 3 is 2.90 bits per heavy atom. The molecule has 0 radical (unpaired) electrons. The number of halogens is 1. The fourth-order valence-electron chi connectivity index (χ4n) is 2.21. The molecule has 0 saturated carbocycles. The first-order chi connectivity index (χ1) is 9.78. The van der Waals surface area contributed by atoms with Crippen LogP contribution in [0.25, 0.3) is 10.9 Å². The Balaban J connectivity index is 2.03. The van der Waals surface area contributed by atoms with Crippen molar-refractivity contribution in [3.63, 3.8) is 0 Å². The summed E-state index contributed by atoms with van der Waals surface area (Å²) in [6.45, 7) is 3.70. The molecule has 0 bridgehead atoms. The van der Waals surface area contributed by atoms with Crippen LogP contribution in [-0.4, -0.2) is 16.5 Å². The highest BCUT2D eigenvalue weighted by Crippen LogP contribution is 2.26. The first kappa shape index (κ1) is 12.9. The maximum atomic E-state index is 6.01. The average molecular weight is 288 g/mol. The Labute approximate surface area is 122 Å². The Hall–Kier alpha value is -2.07. The summed E-state index contributed by atoms with van der Waals surface area (Å²) in [7, 11) is 0. The standard InChI is InChI=1S/C15H14ClN3O/c1-2-19(8-11-5-6-20-9-11)15-13-4-3-12(16)7-14(13)17-10-18-15/h3-7,9-10H,2,8H2,1H3. The van der Waals surface area contributed by atoms with Gasteiger partial charge in [0.1, 0.15) is 12.1 Å². The molecule has 1 aromatic carbocycles. The van der Waals surface area contributed by atoms with Crippen molar-refractivity contribution in [2.75, 3.05) is 11.4 Å². The van der Waals surface area contributed by atoms with E-state index < -0.39 is 0 Å². The molecule has 0 amide bonds. The van der Waals surface area contributed by atoms with Gasteiger partial charge < -0.3 is 9.32 Å². The van der Waals surface area contributed by atoms with E-state index in [1.165, 1.54) is 0 Å². The number of furan rings is 1. The fraction of sp³-hybridized carbons (Fsp3) is 0.200. The van der Waals surface area contributed by atoms with Crippen LogP contribution in [0.15, 0.2) is 47.5 Å². The molecule has 0 aliphatic rings. The molecule has 0 atom stereocenters. The van der Waals surface area contributed by atoms with Gasteiger partial charge in [0.05, 0.1) is 18.0 Å². The Bertz CT molecular complexity index is 712. The maximum absolute atomic E-state index is 6.01. The van der Waals surface area contributed by atoms with Crippen molar-refractivity contribution in [3.05, 3.63) is 53.7 Å². The Morgan fingerprint density at radius 2 is 2.15 bits per heavy atom. The molecule has 0 spiro atoms. The summed E-state index contributed by atoms with van der Waals surface area (Å²) in [5.74, 6) is 0.912. The van der Waals surface area contributed by atoms with Gasteiger partial charge in [0.25, 0.3) is 0 Å². The molecular weight excluding hydrogens is 274 g/mol. The van der Waals surface area contributed by atoms with Gasteiger partial charge in [-0.05, 0) is 31.2 Å². The smallest absolute Gasteiger partial charge is 0.140 e. The fourth-order valence-corrected chi connectivity index (χ4v) is 2.37. The summed E-state index contributed by atoms with van der Waals surface area (Å²) >= 11 is 6.01. The van der Waals surface area contributed by atoms with Gasteiger partial charge >= 0.3 is 0 Å². The number of rotatable bonds is 4. The Kier molecular flexibility index (Phi) is 3.56. The molecular formula is C15H14ClN3O. The molecule has 3 rings (SSSR count). The van der Waals surface area contributed by atoms with E-state index >= 15 is 0 Å². The lowest BCUT2D eigenvalue weighted by Gasteiger charge is -2.22. The minimum atomic E-state index is 0.681. The molecule has 0 unspecified atom stereocenters. The van der Waals surface area contributed by atoms with Gasteiger partial charge in [-0.3, -0.25) is 0 Å². The summed E-state index contributed by atoms with van der Waals surface area (Å²) in [5, 5.41) is 1.68. The van der Waals surface area contributed by atoms with Crippen LogP contribution in [0.2, 0.25) is 5.02 Å². The van der Waals surface area contributed by atoms with E-state index in [1.54, 1.807) is 18.9 Å². The minimum absolute atomic E-state index is 0.681. The third-order valence-corrected chi connectivity index (χ3v) is 3.45. The normalized spacial score (nSPS) is 10.9. The molecule has 0 saturated heterocycles. The second-order valence-corrected chi connectivity index (χ2v) is 4.94. The van der Waals surface area contributed by atoms with Gasteiger partial charge in [-0.1, -0.05) is 11.6 Å². The van der Waals surface area contributed by atoms with E-state index in [2.05, 4.69) is 21.8 Å². The van der Waals surface area contributed by atoms with Crippen molar-refractivity contribution < 1.29 is 4.42 Å². The molecule has 2 heterocycles. The third kappa shape index (κ3) is 2.47. The number of anilines is 1. The van der Waals surface area contributed by atoms with E-state index in [0.29, 0.717) is 5.02 Å². The summed E-state index contributed by atoms with van der Waals surface area (Å²) in [6.07, 6.45) is 5.01. The highest BCUT2D eigenvalue weighted by molar-refractivity contribution is 6.31. The average Bonchev–Trinajstić information content (AvgIpc) is 2.97. The van der Waals surface area contributed by atoms with E-state index in [4.69, 9.17) is 16.0 Å². The van der Waals surface area contributed by atoms with Crippen LogP contribution in [-0.2, 0) is 6.54 Å². The second kappa shape index (κ2) is 5.51. The Morgan fingerprint density at radius 1 is 1.25 bits per heavy atom. The predicted molar refractivity (Wildman–Crippen MR) is 80.0 cm³/mol. The van der Waals surface area contributed by atoms with E-state index in [1.807, 2.05) is 24.3 Å². The first-order valence-corrected chi connectivity index (χ1v) is 6.82. The zero-order chi connectivity index (χ0) is 13.9. The van der Waals surface area contributed by atoms with Crippen LogP contribution in [0.4, 0.5) is 5.82 Å². The lowest BCUT2D eigenvalue weighted by atomic mass is 10.2. The first-order valence-electron chi connectivity index (χ1n) is 6.44. The zero-order valence-corrected chi connectivity index (χ0v) is 11.8. The van der Waals surface area contributed by atoms with E-state index in [0.717, 1.165) is 35.4 Å². The second-order valence-electron chi connectivity index (χ2n) is 4.50. The molecule has 0 N–H and O–H groups in total. The van der Waals surface area contributed by atoms with Gasteiger partial charge in [-0.2, -0.15) is 0 Å². The summed E-state index contributed by atoms with van der Waals surface area (Å²) in [6, 6.07) is 7.64. The van der Waals surface area contributed by atoms with Crippen molar-refractivity contribution in [1.29, 1.82) is 0 Å². The maximum Gasteiger partial charge on any atom is 0.140 e. The summed E-state index contributed by atoms with van der Waals surface area (Å²) < 4.78 is 5.12. The van der Waals surface area contributed by atoms with Gasteiger partial charge in [0.15, 0.2) is 0 Å². The van der Waals surface area contributed by atoms with Crippen molar-refractivity contribution in [3.8, 4) is 0 Å². The van der Waals surface area contributed by atoms with Gasteiger partial charge in [0.2, 0.25) is 0 Å². The van der Waals surface area contributed by atoms with Crippen LogP contribution in [0, 0.1) is 0 Å². The van der Waals surface area contributed by atoms with Crippen LogP contribution in [0.1, 0.15) is 12.5 Å². The van der Waals surface area contributed by atoms with Crippen molar-refractivity contribution in [2.24, 2.45) is 0 Å². The molecule has 102 valence electrons. The van der Waals surface area contributed by atoms with Crippen LogP contribution in [0.5, 0.6) is 0 Å².